The number of likely N-dealkylation sites (tertiary alicyclic amines) is 1. The number of nitrogens with one attached hydrogen (secondary N) is 2. The SMILES string of the molecule is CCNC1=C(C(F)(F)F)N(C2CCC(=O)N(C)C2)N(Nc2ncccn2)C1C. The van der Waals surface area contributed by atoms with Crippen molar-refractivity contribution in [2.75, 3.05) is 25.6 Å². The second-order valence-corrected chi connectivity index (χ2v) is 6.81. The van der Waals surface area contributed by atoms with Crippen LogP contribution in [0, 0.1) is 0 Å². The van der Waals surface area contributed by atoms with Crippen molar-refractivity contribution in [2.45, 2.75) is 44.9 Å². The van der Waals surface area contributed by atoms with E-state index in [9.17, 15) is 18.0 Å². The van der Waals surface area contributed by atoms with Gasteiger partial charge in [0.1, 0.15) is 0 Å². The highest BCUT2D eigenvalue weighted by atomic mass is 19.4. The van der Waals surface area contributed by atoms with Crippen LogP contribution in [0.2, 0.25) is 0 Å². The number of hydrogen-bond donors (Lipinski definition) is 2. The molecule has 8 nitrogen and oxygen atoms in total. The monoisotopic (exact) mass is 399 g/mol. The summed E-state index contributed by atoms with van der Waals surface area (Å²) in [5.74, 6) is 0.123. The molecule has 2 aliphatic rings. The molecule has 3 heterocycles. The Labute approximate surface area is 161 Å². The summed E-state index contributed by atoms with van der Waals surface area (Å²) in [6.07, 6.45) is -1.03. The second kappa shape index (κ2) is 7.82. The minimum Gasteiger partial charge on any atom is -0.386 e. The fraction of sp³-hybridized carbons (Fsp3) is 0.588. The van der Waals surface area contributed by atoms with E-state index in [1.807, 2.05) is 0 Å². The standard InChI is InChI=1S/C17H24F3N7O/c1-4-21-14-11(2)27(24-16-22-8-5-9-23-16)26(15(14)17(18,19)20)12-6-7-13(28)25(3)10-12/h5,8-9,11-12,21H,4,6-7,10H2,1-3H3,(H,22,23,24). The van der Waals surface area contributed by atoms with Crippen molar-refractivity contribution in [1.29, 1.82) is 0 Å². The van der Waals surface area contributed by atoms with Crippen LogP contribution in [0.3, 0.4) is 0 Å². The molecule has 0 bridgehead atoms. The summed E-state index contributed by atoms with van der Waals surface area (Å²) in [5, 5.41) is 5.49. The van der Waals surface area contributed by atoms with E-state index in [0.29, 0.717) is 13.0 Å². The zero-order valence-electron chi connectivity index (χ0n) is 16.0. The molecule has 0 spiro atoms. The Morgan fingerprint density at radius 3 is 2.54 bits per heavy atom. The molecule has 1 saturated heterocycles. The third kappa shape index (κ3) is 3.84. The molecule has 0 aliphatic carbocycles. The molecule has 2 unspecified atom stereocenters. The molecule has 1 amide bonds. The highest BCUT2D eigenvalue weighted by molar-refractivity contribution is 5.76. The van der Waals surface area contributed by atoms with E-state index in [2.05, 4.69) is 20.7 Å². The number of hydrogen-bond acceptors (Lipinski definition) is 7. The smallest absolute Gasteiger partial charge is 0.386 e. The Morgan fingerprint density at radius 1 is 1.29 bits per heavy atom. The maximum atomic E-state index is 14.1. The number of alkyl halides is 3. The van der Waals surface area contributed by atoms with Gasteiger partial charge in [-0.2, -0.15) is 13.2 Å². The van der Waals surface area contributed by atoms with Crippen LogP contribution >= 0.6 is 0 Å². The van der Waals surface area contributed by atoms with Crippen molar-refractivity contribution in [3.05, 3.63) is 29.9 Å². The normalized spacial score (nSPS) is 24.1. The Hall–Kier alpha value is -2.56. The lowest BCUT2D eigenvalue weighted by atomic mass is 10.0. The van der Waals surface area contributed by atoms with Crippen LogP contribution in [0.15, 0.2) is 29.9 Å². The van der Waals surface area contributed by atoms with Crippen LogP contribution in [-0.2, 0) is 4.79 Å². The van der Waals surface area contributed by atoms with Crippen molar-refractivity contribution in [3.8, 4) is 0 Å². The minimum atomic E-state index is -4.57. The first-order valence-electron chi connectivity index (χ1n) is 9.15. The van der Waals surface area contributed by atoms with E-state index in [-0.39, 0.29) is 30.5 Å². The van der Waals surface area contributed by atoms with E-state index in [1.165, 1.54) is 27.4 Å². The van der Waals surface area contributed by atoms with Crippen LogP contribution < -0.4 is 10.7 Å². The number of allylic oxidation sites excluding steroid dienone is 1. The van der Waals surface area contributed by atoms with Crippen LogP contribution in [0.1, 0.15) is 26.7 Å². The molecule has 2 aliphatic heterocycles. The van der Waals surface area contributed by atoms with Crippen molar-refractivity contribution >= 4 is 11.9 Å². The fourth-order valence-corrected chi connectivity index (χ4v) is 3.60. The van der Waals surface area contributed by atoms with Crippen molar-refractivity contribution in [1.82, 2.24) is 30.3 Å². The van der Waals surface area contributed by atoms with Gasteiger partial charge in [0.05, 0.1) is 17.8 Å². The number of amides is 1. The van der Waals surface area contributed by atoms with Crippen molar-refractivity contribution in [3.63, 3.8) is 0 Å². The summed E-state index contributed by atoms with van der Waals surface area (Å²) in [7, 11) is 1.61. The molecule has 0 saturated carbocycles. The van der Waals surface area contributed by atoms with Gasteiger partial charge in [0.25, 0.3) is 0 Å². The molecular formula is C17H24F3N7O. The Balaban J connectivity index is 2.01. The lowest BCUT2D eigenvalue weighted by molar-refractivity contribution is -0.150. The summed E-state index contributed by atoms with van der Waals surface area (Å²) >= 11 is 0. The summed E-state index contributed by atoms with van der Waals surface area (Å²) in [5.41, 5.74) is 2.24. The molecule has 28 heavy (non-hydrogen) atoms. The number of carbonyl (C=O) groups is 1. The summed E-state index contributed by atoms with van der Waals surface area (Å²) < 4.78 is 42.3. The molecule has 2 atom stereocenters. The molecule has 154 valence electrons. The van der Waals surface area contributed by atoms with Gasteiger partial charge in [-0.3, -0.25) is 15.2 Å². The zero-order valence-corrected chi connectivity index (χ0v) is 16.0. The molecule has 0 aromatic carbocycles. The number of aromatic nitrogens is 2. The first kappa shape index (κ1) is 20.2. The average molecular weight is 399 g/mol. The number of piperidine rings is 1. The van der Waals surface area contributed by atoms with Crippen molar-refractivity contribution in [2.24, 2.45) is 0 Å². The maximum absolute atomic E-state index is 14.1. The van der Waals surface area contributed by atoms with Gasteiger partial charge in [0.15, 0.2) is 5.70 Å². The molecule has 1 aromatic heterocycles. The van der Waals surface area contributed by atoms with E-state index in [0.717, 1.165) is 0 Å². The molecule has 1 aromatic rings. The lowest BCUT2D eigenvalue weighted by Gasteiger charge is -2.43. The number of carbonyl (C=O) groups excluding carboxylic acids is 1. The molecule has 1 fully saturated rings. The molecule has 0 radical (unpaired) electrons. The number of nitrogens with zero attached hydrogens (tertiary/aromatic N) is 5. The predicted molar refractivity (Wildman–Crippen MR) is 96.2 cm³/mol. The Kier molecular flexibility index (Phi) is 5.64. The number of anilines is 1. The van der Waals surface area contributed by atoms with Gasteiger partial charge < -0.3 is 10.2 Å². The van der Waals surface area contributed by atoms with Gasteiger partial charge in [0.2, 0.25) is 11.9 Å². The zero-order chi connectivity index (χ0) is 20.5. The number of hydrazine groups is 2. The summed E-state index contributed by atoms with van der Waals surface area (Å²) in [6, 6.07) is 0.457. The number of likely N-dealkylation sites (N-methyl/N-ethyl adjacent to an activating group) is 2. The first-order valence-corrected chi connectivity index (χ1v) is 9.15. The van der Waals surface area contributed by atoms with E-state index in [4.69, 9.17) is 0 Å². The average Bonchev–Trinajstić information content (AvgIpc) is 2.91. The van der Waals surface area contributed by atoms with Crippen LogP contribution in [0.4, 0.5) is 19.1 Å². The van der Waals surface area contributed by atoms with Gasteiger partial charge in [-0.05, 0) is 26.3 Å². The third-order valence-electron chi connectivity index (χ3n) is 4.86. The third-order valence-corrected chi connectivity index (χ3v) is 4.86. The summed E-state index contributed by atoms with van der Waals surface area (Å²) in [4.78, 5) is 21.4. The quantitative estimate of drug-likeness (QED) is 0.781. The molecule has 11 heteroatoms. The maximum Gasteiger partial charge on any atom is 0.434 e. The topological polar surface area (TPSA) is 76.6 Å². The van der Waals surface area contributed by atoms with Crippen LogP contribution in [-0.4, -0.2) is 69.3 Å². The van der Waals surface area contributed by atoms with Crippen LogP contribution in [0.25, 0.3) is 0 Å². The molecule has 3 rings (SSSR count). The predicted octanol–water partition coefficient (Wildman–Crippen LogP) is 1.73. The minimum absolute atomic E-state index is 0.0705. The highest BCUT2D eigenvalue weighted by Gasteiger charge is 2.52. The van der Waals surface area contributed by atoms with Crippen LogP contribution in [0.5, 0.6) is 0 Å². The lowest BCUT2D eigenvalue weighted by Crippen LogP contribution is -2.57. The van der Waals surface area contributed by atoms with Gasteiger partial charge in [-0.25, -0.2) is 9.97 Å². The molecular weight excluding hydrogens is 375 g/mol. The Bertz CT molecular complexity index is 740. The number of halogens is 3. The van der Waals surface area contributed by atoms with Gasteiger partial charge in [-0.15, -0.1) is 5.12 Å². The first-order chi connectivity index (χ1) is 13.2. The van der Waals surface area contributed by atoms with E-state index in [1.54, 1.807) is 27.0 Å². The van der Waals surface area contributed by atoms with Gasteiger partial charge in [0, 0.05) is 39.0 Å². The highest BCUT2D eigenvalue weighted by Crippen LogP contribution is 2.41. The van der Waals surface area contributed by atoms with Crippen molar-refractivity contribution < 1.29 is 18.0 Å². The Morgan fingerprint density at radius 2 is 1.96 bits per heavy atom. The van der Waals surface area contributed by atoms with E-state index >= 15 is 0 Å². The second-order valence-electron chi connectivity index (χ2n) is 6.81. The van der Waals surface area contributed by atoms with Gasteiger partial charge in [-0.1, -0.05) is 0 Å². The molecule has 2 N–H and O–H groups in total. The van der Waals surface area contributed by atoms with E-state index < -0.39 is 24.0 Å². The fourth-order valence-electron chi connectivity index (χ4n) is 3.60. The number of rotatable bonds is 5. The summed E-state index contributed by atoms with van der Waals surface area (Å²) in [6.45, 7) is 3.98. The largest absolute Gasteiger partial charge is 0.434 e. The van der Waals surface area contributed by atoms with Gasteiger partial charge >= 0.3 is 6.18 Å².